The highest BCUT2D eigenvalue weighted by atomic mass is 79.9. The van der Waals surface area contributed by atoms with E-state index in [2.05, 4.69) is 20.7 Å². The molecule has 0 bridgehead atoms. The first kappa shape index (κ1) is 13.0. The van der Waals surface area contributed by atoms with Crippen molar-refractivity contribution in [1.29, 1.82) is 0 Å². The number of hydrogen-bond acceptors (Lipinski definition) is 3. The zero-order valence-corrected chi connectivity index (χ0v) is 11.3. The molecule has 1 aromatic carbocycles. The minimum atomic E-state index is -0.241. The van der Waals surface area contributed by atoms with Gasteiger partial charge >= 0.3 is 5.97 Å². The molecule has 88 valence electrons. The number of ether oxygens (including phenoxy) is 2. The molecule has 0 heterocycles. The molecule has 0 aromatic heterocycles. The van der Waals surface area contributed by atoms with Crippen molar-refractivity contribution in [3.8, 4) is 5.75 Å². The van der Waals surface area contributed by atoms with Crippen molar-refractivity contribution in [2.75, 3.05) is 14.2 Å². The van der Waals surface area contributed by atoms with Crippen LogP contribution >= 0.6 is 15.9 Å². The lowest BCUT2D eigenvalue weighted by atomic mass is 10.0. The molecule has 0 spiro atoms. The standard InChI is InChI=1S/C12H15BrO3/c1-8-4-10(15-2)5-9(11(8)7-13)6-12(14)16-3/h4-5H,6-7H2,1-3H3. The molecule has 1 rings (SSSR count). The van der Waals surface area contributed by atoms with Crippen LogP contribution in [0, 0.1) is 6.92 Å². The highest BCUT2D eigenvalue weighted by Gasteiger charge is 2.11. The molecule has 0 N–H and O–H groups in total. The van der Waals surface area contributed by atoms with E-state index in [1.54, 1.807) is 7.11 Å². The molecular weight excluding hydrogens is 272 g/mol. The van der Waals surface area contributed by atoms with E-state index in [4.69, 9.17) is 4.74 Å². The van der Waals surface area contributed by atoms with Gasteiger partial charge in [-0.05, 0) is 35.7 Å². The Morgan fingerprint density at radius 1 is 1.38 bits per heavy atom. The van der Waals surface area contributed by atoms with Crippen LogP contribution in [0.2, 0.25) is 0 Å². The maximum atomic E-state index is 11.3. The van der Waals surface area contributed by atoms with Crippen molar-refractivity contribution in [3.63, 3.8) is 0 Å². The summed E-state index contributed by atoms with van der Waals surface area (Å²) in [4.78, 5) is 11.3. The van der Waals surface area contributed by atoms with Gasteiger partial charge in [-0.3, -0.25) is 4.79 Å². The van der Waals surface area contributed by atoms with Crippen LogP contribution in [0.1, 0.15) is 16.7 Å². The third kappa shape index (κ3) is 2.98. The number of benzene rings is 1. The van der Waals surface area contributed by atoms with Crippen molar-refractivity contribution < 1.29 is 14.3 Å². The van der Waals surface area contributed by atoms with Crippen molar-refractivity contribution in [2.24, 2.45) is 0 Å². The maximum Gasteiger partial charge on any atom is 0.309 e. The third-order valence-electron chi connectivity index (χ3n) is 2.47. The first-order valence-corrected chi connectivity index (χ1v) is 6.03. The molecule has 0 aliphatic heterocycles. The average Bonchev–Trinajstić information content (AvgIpc) is 2.28. The van der Waals surface area contributed by atoms with Crippen LogP contribution < -0.4 is 4.74 Å². The molecule has 0 aliphatic rings. The number of halogens is 1. The van der Waals surface area contributed by atoms with Gasteiger partial charge in [0.15, 0.2) is 0 Å². The van der Waals surface area contributed by atoms with Crippen LogP contribution in [0.4, 0.5) is 0 Å². The summed E-state index contributed by atoms with van der Waals surface area (Å²) in [6, 6.07) is 3.83. The van der Waals surface area contributed by atoms with Crippen LogP contribution in [-0.4, -0.2) is 20.2 Å². The van der Waals surface area contributed by atoms with Crippen LogP contribution in [0.3, 0.4) is 0 Å². The van der Waals surface area contributed by atoms with Gasteiger partial charge in [0.05, 0.1) is 20.6 Å². The van der Waals surface area contributed by atoms with Gasteiger partial charge in [0.25, 0.3) is 0 Å². The Bertz CT molecular complexity index is 388. The number of carbonyl (C=O) groups is 1. The molecule has 0 atom stereocenters. The lowest BCUT2D eigenvalue weighted by Gasteiger charge is -2.12. The van der Waals surface area contributed by atoms with E-state index in [-0.39, 0.29) is 12.4 Å². The second kappa shape index (κ2) is 5.89. The Kier molecular flexibility index (Phi) is 4.80. The minimum Gasteiger partial charge on any atom is -0.497 e. The van der Waals surface area contributed by atoms with E-state index in [1.807, 2.05) is 19.1 Å². The predicted octanol–water partition coefficient (Wildman–Crippen LogP) is 2.61. The Morgan fingerprint density at radius 3 is 2.56 bits per heavy atom. The topological polar surface area (TPSA) is 35.5 Å². The molecule has 1 aromatic rings. The second-order valence-corrected chi connectivity index (χ2v) is 4.03. The fraction of sp³-hybridized carbons (Fsp3) is 0.417. The molecule has 0 saturated carbocycles. The number of aryl methyl sites for hydroxylation is 1. The Labute approximate surface area is 104 Å². The van der Waals surface area contributed by atoms with Gasteiger partial charge in [0, 0.05) is 5.33 Å². The molecular formula is C12H15BrO3. The fourth-order valence-corrected chi connectivity index (χ4v) is 2.35. The highest BCUT2D eigenvalue weighted by Crippen LogP contribution is 2.24. The first-order chi connectivity index (χ1) is 7.62. The van der Waals surface area contributed by atoms with E-state index in [1.165, 1.54) is 7.11 Å². The SMILES string of the molecule is COC(=O)Cc1cc(OC)cc(C)c1CBr. The molecule has 0 amide bonds. The summed E-state index contributed by atoms with van der Waals surface area (Å²) in [6.45, 7) is 2.00. The van der Waals surface area contributed by atoms with E-state index in [0.29, 0.717) is 0 Å². The molecule has 3 nitrogen and oxygen atoms in total. The van der Waals surface area contributed by atoms with Crippen LogP contribution in [-0.2, 0) is 21.3 Å². The number of esters is 1. The van der Waals surface area contributed by atoms with Crippen LogP contribution in [0.15, 0.2) is 12.1 Å². The van der Waals surface area contributed by atoms with Crippen molar-refractivity contribution >= 4 is 21.9 Å². The lowest BCUT2D eigenvalue weighted by Crippen LogP contribution is -2.07. The normalized spacial score (nSPS) is 10.0. The van der Waals surface area contributed by atoms with Gasteiger partial charge in [-0.1, -0.05) is 15.9 Å². The molecule has 4 heteroatoms. The highest BCUT2D eigenvalue weighted by molar-refractivity contribution is 9.08. The maximum absolute atomic E-state index is 11.3. The average molecular weight is 287 g/mol. The Morgan fingerprint density at radius 2 is 2.06 bits per heavy atom. The summed E-state index contributed by atoms with van der Waals surface area (Å²) in [5.74, 6) is 0.524. The number of carbonyl (C=O) groups excluding carboxylic acids is 1. The Hall–Kier alpha value is -1.03. The molecule has 0 radical (unpaired) electrons. The van der Waals surface area contributed by atoms with Gasteiger partial charge in [-0.15, -0.1) is 0 Å². The van der Waals surface area contributed by atoms with Crippen LogP contribution in [0.5, 0.6) is 5.75 Å². The molecule has 0 unspecified atom stereocenters. The summed E-state index contributed by atoms with van der Waals surface area (Å²) in [7, 11) is 3.01. The number of hydrogen-bond donors (Lipinski definition) is 0. The molecule has 0 fully saturated rings. The van der Waals surface area contributed by atoms with Gasteiger partial charge in [0.1, 0.15) is 5.75 Å². The number of methoxy groups -OCH3 is 2. The zero-order valence-electron chi connectivity index (χ0n) is 9.67. The number of rotatable bonds is 4. The minimum absolute atomic E-state index is 0.241. The summed E-state index contributed by atoms with van der Waals surface area (Å²) < 4.78 is 9.85. The third-order valence-corrected chi connectivity index (χ3v) is 3.03. The van der Waals surface area contributed by atoms with E-state index in [9.17, 15) is 4.79 Å². The van der Waals surface area contributed by atoms with E-state index in [0.717, 1.165) is 27.8 Å². The smallest absolute Gasteiger partial charge is 0.309 e. The van der Waals surface area contributed by atoms with Gasteiger partial charge in [0.2, 0.25) is 0 Å². The Balaban J connectivity index is 3.12. The quantitative estimate of drug-likeness (QED) is 0.631. The van der Waals surface area contributed by atoms with Crippen molar-refractivity contribution in [3.05, 3.63) is 28.8 Å². The lowest BCUT2D eigenvalue weighted by molar-refractivity contribution is -0.139. The van der Waals surface area contributed by atoms with Gasteiger partial charge in [-0.2, -0.15) is 0 Å². The number of alkyl halides is 1. The van der Waals surface area contributed by atoms with E-state index < -0.39 is 0 Å². The second-order valence-electron chi connectivity index (χ2n) is 3.47. The summed E-state index contributed by atoms with van der Waals surface area (Å²) in [5, 5.41) is 0.717. The summed E-state index contributed by atoms with van der Waals surface area (Å²) in [5.41, 5.74) is 3.17. The summed E-state index contributed by atoms with van der Waals surface area (Å²) >= 11 is 3.42. The molecule has 0 saturated heterocycles. The largest absolute Gasteiger partial charge is 0.497 e. The molecule has 16 heavy (non-hydrogen) atoms. The monoisotopic (exact) mass is 286 g/mol. The zero-order chi connectivity index (χ0) is 12.1. The van der Waals surface area contributed by atoms with Crippen molar-refractivity contribution in [1.82, 2.24) is 0 Å². The van der Waals surface area contributed by atoms with Crippen LogP contribution in [0.25, 0.3) is 0 Å². The summed E-state index contributed by atoms with van der Waals surface area (Å²) in [6.07, 6.45) is 0.273. The van der Waals surface area contributed by atoms with E-state index >= 15 is 0 Å². The first-order valence-electron chi connectivity index (χ1n) is 4.91. The van der Waals surface area contributed by atoms with Gasteiger partial charge in [-0.25, -0.2) is 0 Å². The van der Waals surface area contributed by atoms with Crippen molar-refractivity contribution in [2.45, 2.75) is 18.7 Å². The molecule has 0 aliphatic carbocycles. The van der Waals surface area contributed by atoms with Gasteiger partial charge < -0.3 is 9.47 Å². The fourth-order valence-electron chi connectivity index (χ4n) is 1.55. The predicted molar refractivity (Wildman–Crippen MR) is 66.1 cm³/mol.